The molecule has 172 valence electrons. The molecule has 1 amide bonds. The fraction of sp³-hybridized carbons (Fsp3) is 0.429. The number of nitrogens with zero attached hydrogens (tertiary/aromatic N) is 3. The maximum Gasteiger partial charge on any atom is 0.419 e. The lowest BCUT2D eigenvalue weighted by Gasteiger charge is -2.30. The largest absolute Gasteiger partial charge is 0.489 e. The minimum absolute atomic E-state index is 0.0918. The summed E-state index contributed by atoms with van der Waals surface area (Å²) in [6.45, 7) is 6.85. The minimum Gasteiger partial charge on any atom is -0.489 e. The second-order valence-electron chi connectivity index (χ2n) is 8.08. The smallest absolute Gasteiger partial charge is 0.419 e. The average Bonchev–Trinajstić information content (AvgIpc) is 3.04. The number of benzene rings is 1. The summed E-state index contributed by atoms with van der Waals surface area (Å²) in [5.74, 6) is -0.293. The highest BCUT2D eigenvalue weighted by Gasteiger charge is 2.37. The molecule has 2 heterocycles. The van der Waals surface area contributed by atoms with E-state index in [4.69, 9.17) is 15.2 Å². The summed E-state index contributed by atoms with van der Waals surface area (Å²) in [6, 6.07) is 3.68. The Hall–Kier alpha value is -2.95. The monoisotopic (exact) mass is 468 g/mol. The second kappa shape index (κ2) is 8.89. The van der Waals surface area contributed by atoms with Gasteiger partial charge in [-0.05, 0) is 44.4 Å². The number of alkyl halides is 3. The van der Waals surface area contributed by atoms with E-state index < -0.39 is 23.4 Å². The number of carbonyl (C=O) groups is 1. The van der Waals surface area contributed by atoms with E-state index in [-0.39, 0.29) is 23.8 Å². The van der Waals surface area contributed by atoms with Crippen LogP contribution in [0.3, 0.4) is 0 Å². The molecule has 2 N–H and O–H groups in total. The summed E-state index contributed by atoms with van der Waals surface area (Å²) in [5, 5.41) is 0.733. The molecule has 0 spiro atoms. The normalized spacial score (nSPS) is 13.9. The van der Waals surface area contributed by atoms with Gasteiger partial charge >= 0.3 is 12.3 Å². The zero-order chi connectivity index (χ0) is 23.7. The van der Waals surface area contributed by atoms with Gasteiger partial charge in [-0.15, -0.1) is 0 Å². The van der Waals surface area contributed by atoms with Gasteiger partial charge in [0.2, 0.25) is 0 Å². The van der Waals surface area contributed by atoms with Crippen molar-refractivity contribution >= 4 is 27.8 Å². The topological polar surface area (TPSA) is 100 Å². The molecular weight excluding hydrogens is 445 g/mol. The number of primary amides is 1. The second-order valence-corrected chi connectivity index (χ2v) is 9.26. The molecule has 1 atom stereocenters. The van der Waals surface area contributed by atoms with E-state index >= 15 is 0 Å². The first-order chi connectivity index (χ1) is 14.9. The summed E-state index contributed by atoms with van der Waals surface area (Å²) in [4.78, 5) is 24.5. The maximum absolute atomic E-state index is 13.9. The molecule has 32 heavy (non-hydrogen) atoms. The number of hydrogen-bond donors (Lipinski definition) is 1. The Balaban J connectivity index is 1.98. The molecule has 0 radical (unpaired) electrons. The average molecular weight is 469 g/mol. The van der Waals surface area contributed by atoms with Crippen molar-refractivity contribution in [2.24, 2.45) is 11.7 Å². The van der Waals surface area contributed by atoms with Crippen LogP contribution < -0.4 is 10.5 Å². The molecule has 3 rings (SSSR count). The van der Waals surface area contributed by atoms with Gasteiger partial charge in [-0.3, -0.25) is 0 Å². The summed E-state index contributed by atoms with van der Waals surface area (Å²) in [5.41, 5.74) is 3.97. The fourth-order valence-corrected chi connectivity index (χ4v) is 4.32. The van der Waals surface area contributed by atoms with Crippen molar-refractivity contribution in [1.29, 1.82) is 0 Å². The van der Waals surface area contributed by atoms with E-state index in [1.807, 2.05) is 13.8 Å². The first kappa shape index (κ1) is 23.7. The van der Waals surface area contributed by atoms with Crippen molar-refractivity contribution in [3.8, 4) is 17.0 Å². The Bertz CT molecular complexity index is 1130. The van der Waals surface area contributed by atoms with E-state index in [9.17, 15) is 18.0 Å². The maximum atomic E-state index is 13.9. The quantitative estimate of drug-likeness (QED) is 0.501. The number of aromatic nitrogens is 3. The lowest BCUT2D eigenvalue weighted by atomic mass is 9.95. The Labute approximate surface area is 186 Å². The third-order valence-electron chi connectivity index (χ3n) is 4.58. The highest BCUT2D eigenvalue weighted by Crippen LogP contribution is 2.40. The van der Waals surface area contributed by atoms with Crippen molar-refractivity contribution in [3.05, 3.63) is 35.1 Å². The van der Waals surface area contributed by atoms with E-state index in [2.05, 4.69) is 15.0 Å². The Morgan fingerprint density at radius 2 is 1.97 bits per heavy atom. The number of halogens is 3. The van der Waals surface area contributed by atoms with E-state index in [1.165, 1.54) is 29.8 Å². The number of ether oxygens (including phenoxy) is 2. The van der Waals surface area contributed by atoms with Crippen molar-refractivity contribution < 1.29 is 27.4 Å². The predicted molar refractivity (Wildman–Crippen MR) is 114 cm³/mol. The van der Waals surface area contributed by atoms with E-state index in [1.54, 1.807) is 13.8 Å². The standard InChI is InChI=1S/C21H23F3N4O3S/c1-11(2)8-20(4,31-19(25)29)9-30-15-6-5-13(7-14(15)21(22,23)24)16-17-18(27-10-26-16)32-12(3)28-17/h5-7,10-11H,8-9H2,1-4H3,(H2,25,29)/t20-/m0/s1. The summed E-state index contributed by atoms with van der Waals surface area (Å²) < 4.78 is 52.3. The van der Waals surface area contributed by atoms with Crippen LogP contribution in [0.15, 0.2) is 24.5 Å². The number of hydrogen-bond acceptors (Lipinski definition) is 7. The van der Waals surface area contributed by atoms with Gasteiger partial charge in [0.05, 0.1) is 10.6 Å². The number of nitrogens with two attached hydrogens (primary N) is 1. The SMILES string of the molecule is Cc1nc2c(-c3ccc(OC[C@](C)(CC(C)C)OC(N)=O)c(C(F)(F)F)c3)ncnc2s1. The van der Waals surface area contributed by atoms with Crippen LogP contribution in [0, 0.1) is 12.8 Å². The molecule has 0 aliphatic rings. The molecule has 11 heteroatoms. The van der Waals surface area contributed by atoms with Crippen LogP contribution in [0.5, 0.6) is 5.75 Å². The third kappa shape index (κ3) is 5.45. The van der Waals surface area contributed by atoms with Crippen LogP contribution in [0.2, 0.25) is 0 Å². The Morgan fingerprint density at radius 3 is 2.59 bits per heavy atom. The lowest BCUT2D eigenvalue weighted by Crippen LogP contribution is -2.41. The van der Waals surface area contributed by atoms with Crippen LogP contribution in [0.25, 0.3) is 21.6 Å². The molecule has 0 aliphatic carbocycles. The molecule has 0 saturated carbocycles. The van der Waals surface area contributed by atoms with E-state index in [0.29, 0.717) is 22.5 Å². The Kier molecular flexibility index (Phi) is 6.59. The first-order valence-corrected chi connectivity index (χ1v) is 10.6. The molecule has 0 saturated heterocycles. The molecule has 7 nitrogen and oxygen atoms in total. The molecule has 0 bridgehead atoms. The molecule has 0 fully saturated rings. The van der Waals surface area contributed by atoms with E-state index in [0.717, 1.165) is 11.1 Å². The van der Waals surface area contributed by atoms with Crippen molar-refractivity contribution in [2.75, 3.05) is 6.61 Å². The molecule has 3 aromatic rings. The molecular formula is C21H23F3N4O3S. The molecule has 0 aliphatic heterocycles. The van der Waals surface area contributed by atoms with Crippen LogP contribution in [0.1, 0.15) is 37.8 Å². The first-order valence-electron chi connectivity index (χ1n) is 9.79. The van der Waals surface area contributed by atoms with Crippen molar-refractivity contribution in [2.45, 2.75) is 45.9 Å². The lowest BCUT2D eigenvalue weighted by molar-refractivity contribution is -0.139. The Morgan fingerprint density at radius 1 is 1.25 bits per heavy atom. The number of carbonyl (C=O) groups excluding carboxylic acids is 1. The minimum atomic E-state index is -4.69. The van der Waals surface area contributed by atoms with Gasteiger partial charge in [0.25, 0.3) is 0 Å². The number of fused-ring (bicyclic) bond motifs is 1. The van der Waals surface area contributed by atoms with Crippen LogP contribution >= 0.6 is 11.3 Å². The van der Waals surface area contributed by atoms with Crippen LogP contribution in [0.4, 0.5) is 18.0 Å². The highest BCUT2D eigenvalue weighted by atomic mass is 32.1. The van der Waals surface area contributed by atoms with Gasteiger partial charge < -0.3 is 15.2 Å². The third-order valence-corrected chi connectivity index (χ3v) is 5.46. The van der Waals surface area contributed by atoms with Crippen molar-refractivity contribution in [1.82, 2.24) is 15.0 Å². The number of thiazole rings is 1. The van der Waals surface area contributed by atoms with Gasteiger partial charge in [-0.2, -0.15) is 13.2 Å². The fourth-order valence-electron chi connectivity index (χ4n) is 3.56. The number of amides is 1. The zero-order valence-corrected chi connectivity index (χ0v) is 18.8. The summed E-state index contributed by atoms with van der Waals surface area (Å²) in [7, 11) is 0. The van der Waals surface area contributed by atoms with Gasteiger partial charge in [0.15, 0.2) is 0 Å². The zero-order valence-electron chi connectivity index (χ0n) is 18.0. The number of rotatable bonds is 7. The van der Waals surface area contributed by atoms with Crippen molar-refractivity contribution in [3.63, 3.8) is 0 Å². The summed E-state index contributed by atoms with van der Waals surface area (Å²) >= 11 is 1.33. The van der Waals surface area contributed by atoms with Crippen LogP contribution in [-0.2, 0) is 10.9 Å². The van der Waals surface area contributed by atoms with Gasteiger partial charge in [-0.1, -0.05) is 25.2 Å². The predicted octanol–water partition coefficient (Wildman–Crippen LogP) is 5.36. The van der Waals surface area contributed by atoms with Gasteiger partial charge in [-0.25, -0.2) is 19.7 Å². The molecule has 1 aromatic carbocycles. The van der Waals surface area contributed by atoms with Gasteiger partial charge in [0.1, 0.15) is 40.3 Å². The summed E-state index contributed by atoms with van der Waals surface area (Å²) in [6.07, 6.45) is -4.05. The highest BCUT2D eigenvalue weighted by molar-refractivity contribution is 7.18. The molecule has 2 aromatic heterocycles. The molecule has 0 unspecified atom stereocenters. The van der Waals surface area contributed by atoms with Crippen LogP contribution in [-0.4, -0.2) is 33.3 Å². The van der Waals surface area contributed by atoms with Gasteiger partial charge in [0, 0.05) is 5.56 Å². The number of aryl methyl sites for hydroxylation is 1.